The summed E-state index contributed by atoms with van der Waals surface area (Å²) in [5.41, 5.74) is 0.856. The molecule has 1 heterocycles. The zero-order valence-corrected chi connectivity index (χ0v) is 12.9. The van der Waals surface area contributed by atoms with Gasteiger partial charge in [0.25, 0.3) is 0 Å². The standard InChI is InChI=1S/C14H18N4O2S/c1-3-4-13-17-18-14(21-13)16-12(19)9-15-10-5-7-11(20-2)8-6-10/h5-8,15H,3-4,9H2,1-2H3,(H,16,18,19). The van der Waals surface area contributed by atoms with E-state index in [0.717, 1.165) is 29.3 Å². The number of aryl methyl sites for hydroxylation is 1. The van der Waals surface area contributed by atoms with Gasteiger partial charge in [0.05, 0.1) is 13.7 Å². The smallest absolute Gasteiger partial charge is 0.245 e. The Morgan fingerprint density at radius 1 is 1.29 bits per heavy atom. The molecule has 2 rings (SSSR count). The van der Waals surface area contributed by atoms with Gasteiger partial charge >= 0.3 is 0 Å². The highest BCUT2D eigenvalue weighted by atomic mass is 32.1. The Hall–Kier alpha value is -2.15. The van der Waals surface area contributed by atoms with Gasteiger partial charge in [-0.2, -0.15) is 0 Å². The molecule has 0 saturated heterocycles. The second-order valence-corrected chi connectivity index (χ2v) is 5.44. The van der Waals surface area contributed by atoms with Crippen LogP contribution in [0.2, 0.25) is 0 Å². The fraction of sp³-hybridized carbons (Fsp3) is 0.357. The number of nitrogens with one attached hydrogen (secondary N) is 2. The van der Waals surface area contributed by atoms with E-state index in [-0.39, 0.29) is 12.5 Å². The molecule has 0 atom stereocenters. The van der Waals surface area contributed by atoms with Crippen molar-refractivity contribution < 1.29 is 9.53 Å². The number of carbonyl (C=O) groups excluding carboxylic acids is 1. The molecule has 0 aliphatic heterocycles. The molecule has 0 unspecified atom stereocenters. The number of benzene rings is 1. The van der Waals surface area contributed by atoms with Crippen LogP contribution in [0.25, 0.3) is 0 Å². The van der Waals surface area contributed by atoms with Crippen molar-refractivity contribution in [2.24, 2.45) is 0 Å². The number of rotatable bonds is 7. The van der Waals surface area contributed by atoms with Gasteiger partial charge in [-0.05, 0) is 30.7 Å². The minimum atomic E-state index is -0.148. The van der Waals surface area contributed by atoms with Crippen LogP contribution in [0.5, 0.6) is 5.75 Å². The van der Waals surface area contributed by atoms with Crippen molar-refractivity contribution in [3.63, 3.8) is 0 Å². The summed E-state index contributed by atoms with van der Waals surface area (Å²) in [5, 5.41) is 15.2. The van der Waals surface area contributed by atoms with Crippen LogP contribution in [0.4, 0.5) is 10.8 Å². The first-order valence-electron chi connectivity index (χ1n) is 6.71. The monoisotopic (exact) mass is 306 g/mol. The molecule has 0 spiro atoms. The molecule has 1 amide bonds. The second-order valence-electron chi connectivity index (χ2n) is 4.38. The summed E-state index contributed by atoms with van der Waals surface area (Å²) in [7, 11) is 1.62. The minimum Gasteiger partial charge on any atom is -0.497 e. The van der Waals surface area contributed by atoms with E-state index in [9.17, 15) is 4.79 Å². The third kappa shape index (κ3) is 4.71. The first-order valence-corrected chi connectivity index (χ1v) is 7.53. The van der Waals surface area contributed by atoms with Gasteiger partial charge in [0, 0.05) is 12.1 Å². The van der Waals surface area contributed by atoms with Crippen LogP contribution in [0.1, 0.15) is 18.4 Å². The number of hydrogen-bond acceptors (Lipinski definition) is 6. The van der Waals surface area contributed by atoms with Crippen LogP contribution < -0.4 is 15.4 Å². The maximum atomic E-state index is 11.8. The van der Waals surface area contributed by atoms with Gasteiger partial charge < -0.3 is 10.1 Å². The van der Waals surface area contributed by atoms with E-state index in [0.29, 0.717) is 5.13 Å². The number of methoxy groups -OCH3 is 1. The summed E-state index contributed by atoms with van der Waals surface area (Å²) < 4.78 is 5.08. The number of anilines is 2. The molecular formula is C14H18N4O2S. The van der Waals surface area contributed by atoms with E-state index in [1.807, 2.05) is 24.3 Å². The van der Waals surface area contributed by atoms with Crippen molar-refractivity contribution in [2.75, 3.05) is 24.3 Å². The summed E-state index contributed by atoms with van der Waals surface area (Å²) in [4.78, 5) is 11.8. The van der Waals surface area contributed by atoms with Crippen LogP contribution in [0.15, 0.2) is 24.3 Å². The number of ether oxygens (including phenoxy) is 1. The Kier molecular flexibility index (Phi) is 5.51. The van der Waals surface area contributed by atoms with Crippen LogP contribution in [0.3, 0.4) is 0 Å². The summed E-state index contributed by atoms with van der Waals surface area (Å²) in [6.07, 6.45) is 1.90. The van der Waals surface area contributed by atoms with E-state index >= 15 is 0 Å². The topological polar surface area (TPSA) is 76.1 Å². The molecule has 1 aromatic heterocycles. The average Bonchev–Trinajstić information content (AvgIpc) is 2.93. The lowest BCUT2D eigenvalue weighted by Crippen LogP contribution is -2.21. The first-order chi connectivity index (χ1) is 10.2. The molecule has 0 saturated carbocycles. The highest BCUT2D eigenvalue weighted by Crippen LogP contribution is 2.17. The molecule has 6 nitrogen and oxygen atoms in total. The van der Waals surface area contributed by atoms with Crippen molar-refractivity contribution >= 4 is 28.1 Å². The number of nitrogens with zero attached hydrogens (tertiary/aromatic N) is 2. The zero-order valence-electron chi connectivity index (χ0n) is 12.0. The van der Waals surface area contributed by atoms with Crippen LogP contribution in [0, 0.1) is 0 Å². The lowest BCUT2D eigenvalue weighted by molar-refractivity contribution is -0.114. The molecule has 0 aliphatic carbocycles. The lowest BCUT2D eigenvalue weighted by Gasteiger charge is -2.06. The van der Waals surface area contributed by atoms with E-state index in [1.54, 1.807) is 7.11 Å². The first kappa shape index (κ1) is 15.2. The zero-order chi connectivity index (χ0) is 15.1. The maximum Gasteiger partial charge on any atom is 0.245 e. The van der Waals surface area contributed by atoms with Gasteiger partial charge in [-0.25, -0.2) is 0 Å². The largest absolute Gasteiger partial charge is 0.497 e. The second kappa shape index (κ2) is 7.58. The van der Waals surface area contributed by atoms with E-state index in [4.69, 9.17) is 4.74 Å². The molecule has 0 bridgehead atoms. The van der Waals surface area contributed by atoms with Crippen LogP contribution >= 0.6 is 11.3 Å². The van der Waals surface area contributed by atoms with Crippen LogP contribution in [-0.4, -0.2) is 29.8 Å². The third-order valence-electron chi connectivity index (χ3n) is 2.72. The number of hydrogen-bond donors (Lipinski definition) is 2. The predicted octanol–water partition coefficient (Wildman–Crippen LogP) is 2.55. The van der Waals surface area contributed by atoms with Crippen molar-refractivity contribution in [1.29, 1.82) is 0 Å². The summed E-state index contributed by atoms with van der Waals surface area (Å²) in [6, 6.07) is 7.39. The lowest BCUT2D eigenvalue weighted by atomic mass is 10.3. The van der Waals surface area contributed by atoms with Gasteiger partial charge in [-0.1, -0.05) is 18.3 Å². The van der Waals surface area contributed by atoms with E-state index in [1.165, 1.54) is 11.3 Å². The summed E-state index contributed by atoms with van der Waals surface area (Å²) >= 11 is 1.41. The fourth-order valence-electron chi connectivity index (χ4n) is 1.67. The SMILES string of the molecule is CCCc1nnc(NC(=O)CNc2ccc(OC)cc2)s1. The molecule has 112 valence electrons. The minimum absolute atomic E-state index is 0.148. The Morgan fingerprint density at radius 2 is 2.05 bits per heavy atom. The summed E-state index contributed by atoms with van der Waals surface area (Å²) in [5.74, 6) is 0.632. The summed E-state index contributed by atoms with van der Waals surface area (Å²) in [6.45, 7) is 2.26. The molecule has 2 aromatic rings. The third-order valence-corrected chi connectivity index (χ3v) is 3.62. The molecule has 1 aromatic carbocycles. The Balaban J connectivity index is 1.80. The van der Waals surface area contributed by atoms with Gasteiger partial charge in [0.15, 0.2) is 0 Å². The fourth-order valence-corrected chi connectivity index (χ4v) is 2.53. The number of amides is 1. The Bertz CT molecular complexity index is 583. The van der Waals surface area contributed by atoms with Crippen LogP contribution in [-0.2, 0) is 11.2 Å². The van der Waals surface area contributed by atoms with Crippen molar-refractivity contribution in [2.45, 2.75) is 19.8 Å². The highest BCUT2D eigenvalue weighted by Gasteiger charge is 2.07. The van der Waals surface area contributed by atoms with Gasteiger partial charge in [-0.15, -0.1) is 10.2 Å². The molecule has 21 heavy (non-hydrogen) atoms. The van der Waals surface area contributed by atoms with Gasteiger partial charge in [-0.3, -0.25) is 10.1 Å². The van der Waals surface area contributed by atoms with Gasteiger partial charge in [0.2, 0.25) is 11.0 Å². The molecule has 0 aliphatic rings. The van der Waals surface area contributed by atoms with Crippen molar-refractivity contribution in [3.05, 3.63) is 29.3 Å². The Labute approximate surface area is 127 Å². The Morgan fingerprint density at radius 3 is 2.71 bits per heavy atom. The van der Waals surface area contributed by atoms with Crippen molar-refractivity contribution in [1.82, 2.24) is 10.2 Å². The molecule has 0 fully saturated rings. The predicted molar refractivity (Wildman–Crippen MR) is 84.0 cm³/mol. The molecular weight excluding hydrogens is 288 g/mol. The normalized spacial score (nSPS) is 10.2. The van der Waals surface area contributed by atoms with Crippen molar-refractivity contribution in [3.8, 4) is 5.75 Å². The number of carbonyl (C=O) groups is 1. The molecule has 7 heteroatoms. The highest BCUT2D eigenvalue weighted by molar-refractivity contribution is 7.15. The maximum absolute atomic E-state index is 11.8. The van der Waals surface area contributed by atoms with E-state index < -0.39 is 0 Å². The molecule has 0 radical (unpaired) electrons. The van der Waals surface area contributed by atoms with Gasteiger partial charge in [0.1, 0.15) is 10.8 Å². The number of aromatic nitrogens is 2. The molecule has 2 N–H and O–H groups in total. The average molecular weight is 306 g/mol. The quantitative estimate of drug-likeness (QED) is 0.822. The van der Waals surface area contributed by atoms with E-state index in [2.05, 4.69) is 27.8 Å².